The van der Waals surface area contributed by atoms with E-state index in [4.69, 9.17) is 9.97 Å². The Kier molecular flexibility index (Phi) is 5.59. The molecule has 0 saturated carbocycles. The van der Waals surface area contributed by atoms with Crippen LogP contribution >= 0.6 is 11.3 Å². The second-order valence-electron chi connectivity index (χ2n) is 8.14. The first-order valence-electron chi connectivity index (χ1n) is 10.9. The maximum Gasteiger partial charge on any atom is 0.227 e. The van der Waals surface area contributed by atoms with E-state index in [1.165, 1.54) is 5.56 Å². The minimum atomic E-state index is 0.616. The van der Waals surface area contributed by atoms with Crippen LogP contribution in [0.5, 0.6) is 0 Å². The summed E-state index contributed by atoms with van der Waals surface area (Å²) in [6.07, 6.45) is 1.92. The number of imidazole rings is 1. The molecule has 0 amide bonds. The molecule has 0 spiro atoms. The Hall–Kier alpha value is -3.66. The summed E-state index contributed by atoms with van der Waals surface area (Å²) in [7, 11) is 3.92. The first-order chi connectivity index (χ1) is 16.0. The standard InChI is InChI=1S/C23H25N9S/c1-5-6-18-25-19-14(2)24-23(31(3)4)26-22(19)32(18)13-15-7-9-16(10-8-15)17-11-12-33-20(17)21-27-29-30-28-21/h7-12H,5-6,13H2,1-4H3,(H,27,28,29,30). The summed E-state index contributed by atoms with van der Waals surface area (Å²) in [6, 6.07) is 10.7. The lowest BCUT2D eigenvalue weighted by Crippen LogP contribution is -2.14. The number of rotatable bonds is 7. The third-order valence-corrected chi connectivity index (χ3v) is 6.44. The van der Waals surface area contributed by atoms with Gasteiger partial charge in [0.25, 0.3) is 0 Å². The average Bonchev–Trinajstić information content (AvgIpc) is 3.55. The van der Waals surface area contributed by atoms with E-state index in [-0.39, 0.29) is 0 Å². The number of nitrogens with one attached hydrogen (secondary N) is 1. The van der Waals surface area contributed by atoms with Crippen LogP contribution in [0.25, 0.3) is 33.0 Å². The zero-order valence-corrected chi connectivity index (χ0v) is 19.9. The zero-order valence-electron chi connectivity index (χ0n) is 19.1. The fraction of sp³-hybridized carbons (Fsp3) is 0.304. The Morgan fingerprint density at radius 3 is 2.58 bits per heavy atom. The highest BCUT2D eigenvalue weighted by Crippen LogP contribution is 2.34. The molecular weight excluding hydrogens is 434 g/mol. The second-order valence-corrected chi connectivity index (χ2v) is 9.05. The van der Waals surface area contributed by atoms with Crippen LogP contribution in [0.2, 0.25) is 0 Å². The molecule has 5 rings (SSSR count). The third kappa shape index (κ3) is 3.97. The van der Waals surface area contributed by atoms with Gasteiger partial charge in [0, 0.05) is 26.1 Å². The molecule has 1 N–H and O–H groups in total. The van der Waals surface area contributed by atoms with Crippen LogP contribution in [0.1, 0.15) is 30.4 Å². The quantitative estimate of drug-likeness (QED) is 0.391. The van der Waals surface area contributed by atoms with E-state index in [2.05, 4.69) is 67.4 Å². The maximum atomic E-state index is 4.89. The molecule has 0 bridgehead atoms. The summed E-state index contributed by atoms with van der Waals surface area (Å²) < 4.78 is 2.23. The van der Waals surface area contributed by atoms with E-state index in [0.717, 1.165) is 51.5 Å². The summed E-state index contributed by atoms with van der Waals surface area (Å²) in [4.78, 5) is 17.3. The van der Waals surface area contributed by atoms with Crippen LogP contribution in [0, 0.1) is 6.92 Å². The molecule has 0 unspecified atom stereocenters. The van der Waals surface area contributed by atoms with Gasteiger partial charge < -0.3 is 9.47 Å². The predicted octanol–water partition coefficient (Wildman–Crippen LogP) is 4.11. The molecule has 0 fully saturated rings. The lowest BCUT2D eigenvalue weighted by molar-refractivity contribution is 0.716. The molecule has 0 radical (unpaired) electrons. The van der Waals surface area contributed by atoms with Crippen molar-refractivity contribution in [3.05, 3.63) is 52.8 Å². The molecule has 0 aliphatic rings. The van der Waals surface area contributed by atoms with Crippen molar-refractivity contribution in [3.63, 3.8) is 0 Å². The summed E-state index contributed by atoms with van der Waals surface area (Å²) in [6.45, 7) is 4.88. The first kappa shape index (κ1) is 21.2. The highest BCUT2D eigenvalue weighted by Gasteiger charge is 2.17. The van der Waals surface area contributed by atoms with Crippen LogP contribution in [-0.2, 0) is 13.0 Å². The van der Waals surface area contributed by atoms with Gasteiger partial charge >= 0.3 is 0 Å². The van der Waals surface area contributed by atoms with Crippen LogP contribution in [0.3, 0.4) is 0 Å². The number of fused-ring (bicyclic) bond motifs is 1. The van der Waals surface area contributed by atoms with Gasteiger partial charge in [0.2, 0.25) is 11.8 Å². The summed E-state index contributed by atoms with van der Waals surface area (Å²) in [5.74, 6) is 2.36. The molecule has 33 heavy (non-hydrogen) atoms. The number of aromatic nitrogens is 8. The minimum Gasteiger partial charge on any atom is -0.347 e. The monoisotopic (exact) mass is 459 g/mol. The fourth-order valence-corrected chi connectivity index (χ4v) is 4.73. The zero-order chi connectivity index (χ0) is 22.9. The molecule has 4 heterocycles. The van der Waals surface area contributed by atoms with E-state index in [0.29, 0.717) is 18.3 Å². The van der Waals surface area contributed by atoms with Crippen molar-refractivity contribution in [1.29, 1.82) is 0 Å². The second kappa shape index (κ2) is 8.70. The third-order valence-electron chi connectivity index (χ3n) is 5.53. The number of tetrazole rings is 1. The smallest absolute Gasteiger partial charge is 0.227 e. The molecule has 4 aromatic heterocycles. The van der Waals surface area contributed by atoms with Crippen molar-refractivity contribution in [2.75, 3.05) is 19.0 Å². The number of hydrogen-bond acceptors (Lipinski definition) is 8. The van der Waals surface area contributed by atoms with Gasteiger partial charge in [0.1, 0.15) is 11.3 Å². The highest BCUT2D eigenvalue weighted by atomic mass is 32.1. The number of benzene rings is 1. The molecule has 168 valence electrons. The van der Waals surface area contributed by atoms with Crippen molar-refractivity contribution in [2.45, 2.75) is 33.2 Å². The molecule has 1 aromatic carbocycles. The van der Waals surface area contributed by atoms with Gasteiger partial charge in [-0.25, -0.2) is 9.97 Å². The van der Waals surface area contributed by atoms with Gasteiger partial charge in [-0.1, -0.05) is 31.2 Å². The number of hydrogen-bond donors (Lipinski definition) is 1. The Balaban J connectivity index is 1.50. The van der Waals surface area contributed by atoms with Gasteiger partial charge in [-0.3, -0.25) is 0 Å². The summed E-state index contributed by atoms with van der Waals surface area (Å²) in [5, 5.41) is 16.5. The molecule has 0 aliphatic heterocycles. The number of aryl methyl sites for hydroxylation is 2. The summed E-state index contributed by atoms with van der Waals surface area (Å²) in [5.41, 5.74) is 6.08. The SMILES string of the molecule is CCCc1nc2c(C)nc(N(C)C)nc2n1Cc1ccc(-c2ccsc2-c2nn[nH]n2)cc1. The van der Waals surface area contributed by atoms with Crippen molar-refractivity contribution >= 4 is 28.4 Å². The maximum absolute atomic E-state index is 4.89. The number of aromatic amines is 1. The van der Waals surface area contributed by atoms with Crippen LogP contribution in [-0.4, -0.2) is 54.2 Å². The lowest BCUT2D eigenvalue weighted by Gasteiger charge is -2.13. The topological polar surface area (TPSA) is 101 Å². The van der Waals surface area contributed by atoms with Crippen molar-refractivity contribution < 1.29 is 0 Å². The normalized spacial score (nSPS) is 11.4. The van der Waals surface area contributed by atoms with Gasteiger partial charge in [0.05, 0.1) is 17.1 Å². The molecule has 10 heteroatoms. The van der Waals surface area contributed by atoms with Crippen LogP contribution in [0.4, 0.5) is 5.95 Å². The Labute approximate surface area is 195 Å². The van der Waals surface area contributed by atoms with E-state index >= 15 is 0 Å². The number of H-pyrrole nitrogens is 1. The molecular formula is C23H25N9S. The van der Waals surface area contributed by atoms with Crippen molar-refractivity contribution in [1.82, 2.24) is 40.1 Å². The number of nitrogens with zero attached hydrogens (tertiary/aromatic N) is 8. The van der Waals surface area contributed by atoms with Crippen LogP contribution in [0.15, 0.2) is 35.7 Å². The largest absolute Gasteiger partial charge is 0.347 e. The Morgan fingerprint density at radius 2 is 1.88 bits per heavy atom. The fourth-order valence-electron chi connectivity index (χ4n) is 3.89. The Morgan fingerprint density at radius 1 is 1.06 bits per heavy atom. The number of anilines is 1. The van der Waals surface area contributed by atoms with Crippen molar-refractivity contribution in [3.8, 4) is 21.8 Å². The highest BCUT2D eigenvalue weighted by molar-refractivity contribution is 7.14. The first-order valence-corrected chi connectivity index (χ1v) is 11.7. The summed E-state index contributed by atoms with van der Waals surface area (Å²) >= 11 is 1.61. The van der Waals surface area contributed by atoms with Gasteiger partial charge in [0.15, 0.2) is 5.65 Å². The van der Waals surface area contributed by atoms with Gasteiger partial charge in [-0.2, -0.15) is 10.2 Å². The lowest BCUT2D eigenvalue weighted by atomic mass is 10.0. The molecule has 0 aliphatic carbocycles. The van der Waals surface area contributed by atoms with Gasteiger partial charge in [-0.05, 0) is 41.1 Å². The predicted molar refractivity (Wildman–Crippen MR) is 130 cm³/mol. The van der Waals surface area contributed by atoms with Crippen LogP contribution < -0.4 is 4.90 Å². The Bertz CT molecular complexity index is 1380. The molecule has 5 aromatic rings. The van der Waals surface area contributed by atoms with E-state index in [1.54, 1.807) is 11.3 Å². The number of thiophene rings is 1. The minimum absolute atomic E-state index is 0.616. The van der Waals surface area contributed by atoms with Crippen molar-refractivity contribution in [2.24, 2.45) is 0 Å². The van der Waals surface area contributed by atoms with E-state index in [1.807, 2.05) is 31.3 Å². The van der Waals surface area contributed by atoms with E-state index < -0.39 is 0 Å². The molecule has 0 atom stereocenters. The van der Waals surface area contributed by atoms with E-state index in [9.17, 15) is 0 Å². The van der Waals surface area contributed by atoms with Gasteiger partial charge in [-0.15, -0.1) is 21.5 Å². The molecule has 0 saturated heterocycles. The molecule has 9 nitrogen and oxygen atoms in total. The average molecular weight is 460 g/mol.